The van der Waals surface area contributed by atoms with Crippen molar-refractivity contribution < 1.29 is 13.7 Å². The molecule has 3 rings (SSSR count). The predicted octanol–water partition coefficient (Wildman–Crippen LogP) is 2.49. The van der Waals surface area contributed by atoms with Crippen molar-refractivity contribution in [3.63, 3.8) is 0 Å². The van der Waals surface area contributed by atoms with Crippen molar-refractivity contribution in [1.29, 1.82) is 0 Å². The van der Waals surface area contributed by atoms with E-state index in [9.17, 15) is 13.7 Å². The predicted molar refractivity (Wildman–Crippen MR) is 102 cm³/mol. The zero-order valence-corrected chi connectivity index (χ0v) is 15.0. The number of aliphatic hydroxyl groups excluding tert-OH is 1. The smallest absolute Gasteiger partial charge is 0.229 e. The number of anilines is 3. The highest BCUT2D eigenvalue weighted by molar-refractivity contribution is 7.82. The summed E-state index contributed by atoms with van der Waals surface area (Å²) in [6, 6.07) is 14.2. The van der Waals surface area contributed by atoms with Gasteiger partial charge in [0, 0.05) is 18.4 Å². The Kier molecular flexibility index (Phi) is 6.07. The van der Waals surface area contributed by atoms with Gasteiger partial charge in [-0.15, -0.1) is 0 Å². The van der Waals surface area contributed by atoms with Crippen LogP contribution in [-0.2, 0) is 11.0 Å². The van der Waals surface area contributed by atoms with Crippen LogP contribution in [0, 0.1) is 5.82 Å². The fourth-order valence-corrected chi connectivity index (χ4v) is 2.83. The number of nitrogens with two attached hydrogens (primary N) is 1. The van der Waals surface area contributed by atoms with Crippen molar-refractivity contribution in [2.45, 2.75) is 11.0 Å². The third-order valence-electron chi connectivity index (χ3n) is 3.69. The highest BCUT2D eigenvalue weighted by atomic mass is 32.2. The second-order valence-corrected chi connectivity index (χ2v) is 6.73. The molecule has 2 atom stereocenters. The molecule has 1 heterocycles. The fraction of sp³-hybridized carbons (Fsp3) is 0.111. The Morgan fingerprint density at radius 1 is 1.19 bits per heavy atom. The summed E-state index contributed by atoms with van der Waals surface area (Å²) in [5.74, 6) is 0.405. The van der Waals surface area contributed by atoms with Crippen molar-refractivity contribution in [1.82, 2.24) is 9.97 Å². The number of benzene rings is 2. The van der Waals surface area contributed by atoms with Gasteiger partial charge in [0.1, 0.15) is 22.6 Å². The van der Waals surface area contributed by atoms with Crippen LogP contribution in [0.15, 0.2) is 65.7 Å². The van der Waals surface area contributed by atoms with Crippen LogP contribution >= 0.6 is 0 Å². The van der Waals surface area contributed by atoms with E-state index in [0.29, 0.717) is 27.9 Å². The van der Waals surface area contributed by atoms with Crippen LogP contribution in [0.25, 0.3) is 0 Å². The van der Waals surface area contributed by atoms with Crippen LogP contribution < -0.4 is 15.8 Å². The van der Waals surface area contributed by atoms with Crippen LogP contribution in [0.4, 0.5) is 21.8 Å². The summed E-state index contributed by atoms with van der Waals surface area (Å²) in [5.41, 5.74) is 1.12. The van der Waals surface area contributed by atoms with Gasteiger partial charge in [-0.25, -0.2) is 18.7 Å². The lowest BCUT2D eigenvalue weighted by Gasteiger charge is -2.13. The van der Waals surface area contributed by atoms with Crippen LogP contribution in [-0.4, -0.2) is 25.8 Å². The third-order valence-corrected chi connectivity index (χ3v) is 4.41. The summed E-state index contributed by atoms with van der Waals surface area (Å²) in [7, 11) is -1.58. The minimum Gasteiger partial charge on any atom is -0.387 e. The molecule has 5 N–H and O–H groups in total. The van der Waals surface area contributed by atoms with E-state index in [1.54, 1.807) is 48.7 Å². The molecule has 0 aliphatic carbocycles. The van der Waals surface area contributed by atoms with Crippen LogP contribution in [0.5, 0.6) is 0 Å². The Bertz CT molecular complexity index is 956. The van der Waals surface area contributed by atoms with E-state index in [-0.39, 0.29) is 6.54 Å². The molecule has 0 aliphatic rings. The molecule has 2 unspecified atom stereocenters. The van der Waals surface area contributed by atoms with E-state index < -0.39 is 22.9 Å². The summed E-state index contributed by atoms with van der Waals surface area (Å²) < 4.78 is 24.6. The normalized spacial score (nSPS) is 13.0. The van der Waals surface area contributed by atoms with Gasteiger partial charge < -0.3 is 15.7 Å². The van der Waals surface area contributed by atoms with E-state index in [1.807, 2.05) is 0 Å². The number of hydrogen-bond acceptors (Lipinski definition) is 6. The number of nitrogens with one attached hydrogen (secondary N) is 2. The molecule has 0 bridgehead atoms. The molecule has 7 nitrogen and oxygen atoms in total. The zero-order chi connectivity index (χ0) is 19.2. The highest BCUT2D eigenvalue weighted by Gasteiger charge is 2.09. The molecule has 0 saturated heterocycles. The van der Waals surface area contributed by atoms with Crippen LogP contribution in [0.3, 0.4) is 0 Å². The van der Waals surface area contributed by atoms with E-state index in [4.69, 9.17) is 5.14 Å². The summed E-state index contributed by atoms with van der Waals surface area (Å²) >= 11 is 0. The van der Waals surface area contributed by atoms with E-state index in [2.05, 4.69) is 20.6 Å². The van der Waals surface area contributed by atoms with Crippen molar-refractivity contribution >= 4 is 28.4 Å². The molecular formula is C18H18FN5O2S. The van der Waals surface area contributed by atoms with E-state index >= 15 is 0 Å². The molecule has 3 aromatic rings. The standard InChI is InChI=1S/C18H18FN5O2S/c19-13-4-1-3-12(9-13)16(25)11-22-17-7-8-21-18(24-17)23-14-5-2-6-15(10-14)27(20)26/h1-10,16,25H,11,20H2,(H2,21,22,23,24). The maximum absolute atomic E-state index is 13.2. The Morgan fingerprint density at radius 2 is 2.00 bits per heavy atom. The topological polar surface area (TPSA) is 113 Å². The molecule has 0 amide bonds. The molecule has 0 fully saturated rings. The van der Waals surface area contributed by atoms with Gasteiger partial charge in [-0.05, 0) is 42.0 Å². The molecule has 140 valence electrons. The van der Waals surface area contributed by atoms with Gasteiger partial charge in [0.25, 0.3) is 0 Å². The maximum atomic E-state index is 13.2. The number of rotatable bonds is 7. The zero-order valence-electron chi connectivity index (χ0n) is 14.2. The van der Waals surface area contributed by atoms with Gasteiger partial charge in [0.05, 0.1) is 11.0 Å². The number of halogens is 1. The molecule has 0 radical (unpaired) electrons. The molecular weight excluding hydrogens is 369 g/mol. The lowest BCUT2D eigenvalue weighted by atomic mass is 10.1. The largest absolute Gasteiger partial charge is 0.387 e. The van der Waals surface area contributed by atoms with E-state index in [1.165, 1.54) is 12.1 Å². The average Bonchev–Trinajstić information content (AvgIpc) is 2.66. The second-order valence-electron chi connectivity index (χ2n) is 5.67. The third kappa shape index (κ3) is 5.30. The summed E-state index contributed by atoms with van der Waals surface area (Å²) in [6.45, 7) is 0.154. The first-order chi connectivity index (χ1) is 13.0. The summed E-state index contributed by atoms with van der Waals surface area (Å²) in [6.07, 6.45) is 0.667. The molecule has 9 heteroatoms. The van der Waals surface area contributed by atoms with Gasteiger partial charge in [-0.3, -0.25) is 0 Å². The number of nitrogens with zero attached hydrogens (tertiary/aromatic N) is 2. The minimum absolute atomic E-state index is 0.154. The molecule has 27 heavy (non-hydrogen) atoms. The van der Waals surface area contributed by atoms with Gasteiger partial charge in [0.15, 0.2) is 0 Å². The van der Waals surface area contributed by atoms with Crippen molar-refractivity contribution in [3.05, 3.63) is 72.2 Å². The average molecular weight is 387 g/mol. The van der Waals surface area contributed by atoms with Gasteiger partial charge >= 0.3 is 0 Å². The highest BCUT2D eigenvalue weighted by Crippen LogP contribution is 2.18. The molecule has 1 aromatic heterocycles. The quantitative estimate of drug-likeness (QED) is 0.495. The van der Waals surface area contributed by atoms with Crippen molar-refractivity contribution in [3.8, 4) is 0 Å². The molecule has 0 saturated carbocycles. The van der Waals surface area contributed by atoms with Crippen LogP contribution in [0.1, 0.15) is 11.7 Å². The Hall–Kier alpha value is -2.88. The Balaban J connectivity index is 1.65. The molecule has 0 spiro atoms. The van der Waals surface area contributed by atoms with Crippen LogP contribution in [0.2, 0.25) is 0 Å². The molecule has 2 aromatic carbocycles. The van der Waals surface area contributed by atoms with E-state index in [0.717, 1.165) is 0 Å². The van der Waals surface area contributed by atoms with Gasteiger partial charge in [0.2, 0.25) is 5.95 Å². The second kappa shape index (κ2) is 8.67. The van der Waals surface area contributed by atoms with Gasteiger partial charge in [-0.2, -0.15) is 4.98 Å². The monoisotopic (exact) mass is 387 g/mol. The SMILES string of the molecule is NS(=O)c1cccc(Nc2nccc(NCC(O)c3cccc(F)c3)n2)c1. The maximum Gasteiger partial charge on any atom is 0.229 e. The fourth-order valence-electron chi connectivity index (χ4n) is 2.38. The molecule has 0 aliphatic heterocycles. The lowest BCUT2D eigenvalue weighted by molar-refractivity contribution is 0.191. The lowest BCUT2D eigenvalue weighted by Crippen LogP contribution is -2.13. The first-order valence-corrected chi connectivity index (χ1v) is 9.26. The van der Waals surface area contributed by atoms with Crippen molar-refractivity contribution in [2.75, 3.05) is 17.2 Å². The first kappa shape index (κ1) is 18.9. The number of aliphatic hydroxyl groups is 1. The number of aromatic nitrogens is 2. The minimum atomic E-state index is -1.58. The Morgan fingerprint density at radius 3 is 2.78 bits per heavy atom. The van der Waals surface area contributed by atoms with Gasteiger partial charge in [-0.1, -0.05) is 18.2 Å². The first-order valence-electron chi connectivity index (χ1n) is 8.05. The summed E-state index contributed by atoms with van der Waals surface area (Å²) in [4.78, 5) is 8.90. The number of hydrogen-bond donors (Lipinski definition) is 4. The summed E-state index contributed by atoms with van der Waals surface area (Å²) in [5, 5.41) is 21.5. The van der Waals surface area contributed by atoms with Crippen molar-refractivity contribution in [2.24, 2.45) is 5.14 Å². The Labute approximate surface area is 158 Å².